The second kappa shape index (κ2) is 6.65. The number of aliphatic hydroxyl groups is 1. The van der Waals surface area contributed by atoms with E-state index in [0.29, 0.717) is 6.42 Å². The van der Waals surface area contributed by atoms with Crippen LogP contribution in [0.4, 0.5) is 5.69 Å². The molecule has 0 radical (unpaired) electrons. The topological polar surface area (TPSA) is 116 Å². The summed E-state index contributed by atoms with van der Waals surface area (Å²) >= 11 is 0. The first-order chi connectivity index (χ1) is 8.95. The minimum atomic E-state index is -1.44. The third-order valence-electron chi connectivity index (χ3n) is 2.48. The number of hydrogen-bond donors (Lipinski definition) is 5. The van der Waals surface area contributed by atoms with Crippen molar-refractivity contribution in [2.24, 2.45) is 5.73 Å². The van der Waals surface area contributed by atoms with Crippen LogP contribution in [0.2, 0.25) is 0 Å². The fourth-order valence-corrected chi connectivity index (χ4v) is 1.39. The number of amides is 1. The van der Waals surface area contributed by atoms with Crippen LogP contribution in [-0.4, -0.2) is 27.3 Å². The summed E-state index contributed by atoms with van der Waals surface area (Å²) in [6, 6.07) is 3.80. The minimum Gasteiger partial charge on any atom is -0.504 e. The van der Waals surface area contributed by atoms with Gasteiger partial charge >= 0.3 is 0 Å². The van der Waals surface area contributed by atoms with Crippen LogP contribution in [0.15, 0.2) is 30.0 Å². The van der Waals surface area contributed by atoms with Crippen LogP contribution in [-0.2, 0) is 4.79 Å². The summed E-state index contributed by atoms with van der Waals surface area (Å²) < 4.78 is 0. The van der Waals surface area contributed by atoms with Gasteiger partial charge in [-0.1, -0.05) is 19.4 Å². The molecule has 1 rings (SSSR count). The Morgan fingerprint density at radius 1 is 1.42 bits per heavy atom. The molecule has 0 saturated heterocycles. The Hall–Kier alpha value is -2.21. The molecule has 0 saturated carbocycles. The molecule has 6 N–H and O–H groups in total. The van der Waals surface area contributed by atoms with Crippen molar-refractivity contribution in [3.63, 3.8) is 0 Å². The number of benzene rings is 1. The standard InChI is InChI=1S/C13H18N2O4/c1-2-3-4-9(14)12(18)13(19)15-8-5-6-10(16)11(17)7-8/h4-7,12,16-18H,2-3,14H2,1H3,(H,15,19)/b9-4+/t12-/m0/s1. The van der Waals surface area contributed by atoms with Gasteiger partial charge in [0.15, 0.2) is 17.6 Å². The van der Waals surface area contributed by atoms with Gasteiger partial charge in [0.1, 0.15) is 0 Å². The van der Waals surface area contributed by atoms with Crippen LogP contribution in [0.3, 0.4) is 0 Å². The van der Waals surface area contributed by atoms with Crippen LogP contribution in [0.1, 0.15) is 19.8 Å². The summed E-state index contributed by atoms with van der Waals surface area (Å²) in [5.74, 6) is -1.35. The highest BCUT2D eigenvalue weighted by molar-refractivity contribution is 5.96. The Labute approximate surface area is 111 Å². The molecule has 0 unspecified atom stereocenters. The van der Waals surface area contributed by atoms with Gasteiger partial charge in [-0.15, -0.1) is 0 Å². The first-order valence-electron chi connectivity index (χ1n) is 5.92. The van der Waals surface area contributed by atoms with Crippen molar-refractivity contribution in [1.82, 2.24) is 0 Å². The molecular formula is C13H18N2O4. The zero-order chi connectivity index (χ0) is 14.4. The van der Waals surface area contributed by atoms with E-state index in [0.717, 1.165) is 6.42 Å². The van der Waals surface area contributed by atoms with Gasteiger partial charge in [0, 0.05) is 17.5 Å². The quantitative estimate of drug-likeness (QED) is 0.403. The number of carbonyl (C=O) groups is 1. The molecule has 0 bridgehead atoms. The Bertz CT molecular complexity index is 486. The predicted molar refractivity (Wildman–Crippen MR) is 71.6 cm³/mol. The third-order valence-corrected chi connectivity index (χ3v) is 2.48. The third kappa shape index (κ3) is 4.18. The Morgan fingerprint density at radius 3 is 2.68 bits per heavy atom. The maximum Gasteiger partial charge on any atom is 0.259 e. The molecule has 0 heterocycles. The smallest absolute Gasteiger partial charge is 0.259 e. The van der Waals surface area contributed by atoms with Crippen molar-refractivity contribution in [2.45, 2.75) is 25.9 Å². The van der Waals surface area contributed by atoms with E-state index in [2.05, 4.69) is 5.32 Å². The SMILES string of the molecule is CCC/C=C(/N)[C@H](O)C(=O)Nc1ccc(O)c(O)c1. The molecule has 0 aliphatic rings. The fraction of sp³-hybridized carbons (Fsp3) is 0.308. The first kappa shape index (κ1) is 14.8. The molecule has 0 fully saturated rings. The van der Waals surface area contributed by atoms with Crippen molar-refractivity contribution in [3.05, 3.63) is 30.0 Å². The van der Waals surface area contributed by atoms with E-state index in [4.69, 9.17) is 10.8 Å². The number of allylic oxidation sites excluding steroid dienone is 1. The molecule has 0 spiro atoms. The Balaban J connectivity index is 2.71. The number of carbonyl (C=O) groups excluding carboxylic acids is 1. The second-order valence-electron chi connectivity index (χ2n) is 4.09. The number of rotatable bonds is 5. The summed E-state index contributed by atoms with van der Waals surface area (Å²) in [5, 5.41) is 30.5. The average Bonchev–Trinajstić information content (AvgIpc) is 2.39. The number of unbranched alkanes of at least 4 members (excludes halogenated alkanes) is 1. The van der Waals surface area contributed by atoms with E-state index in [9.17, 15) is 15.0 Å². The zero-order valence-electron chi connectivity index (χ0n) is 10.6. The van der Waals surface area contributed by atoms with E-state index < -0.39 is 12.0 Å². The lowest BCUT2D eigenvalue weighted by atomic mass is 10.2. The van der Waals surface area contributed by atoms with E-state index in [-0.39, 0.29) is 22.9 Å². The molecule has 0 aliphatic carbocycles. The molecule has 1 aromatic carbocycles. The molecule has 19 heavy (non-hydrogen) atoms. The van der Waals surface area contributed by atoms with Crippen LogP contribution < -0.4 is 11.1 Å². The van der Waals surface area contributed by atoms with Gasteiger partial charge in [-0.25, -0.2) is 0 Å². The molecule has 1 amide bonds. The Kier molecular flexibility index (Phi) is 5.20. The largest absolute Gasteiger partial charge is 0.504 e. The molecule has 0 aliphatic heterocycles. The van der Waals surface area contributed by atoms with Crippen molar-refractivity contribution in [1.29, 1.82) is 0 Å². The highest BCUT2D eigenvalue weighted by Crippen LogP contribution is 2.27. The highest BCUT2D eigenvalue weighted by Gasteiger charge is 2.17. The van der Waals surface area contributed by atoms with Gasteiger partial charge in [-0.3, -0.25) is 4.79 Å². The molecule has 6 nitrogen and oxygen atoms in total. The molecular weight excluding hydrogens is 248 g/mol. The summed E-state index contributed by atoms with van der Waals surface area (Å²) in [6.07, 6.45) is 1.69. The number of aromatic hydroxyl groups is 2. The van der Waals surface area contributed by atoms with E-state index >= 15 is 0 Å². The summed E-state index contributed by atoms with van der Waals surface area (Å²) in [4.78, 5) is 11.7. The number of nitrogens with one attached hydrogen (secondary N) is 1. The molecule has 1 aromatic rings. The van der Waals surface area contributed by atoms with Crippen molar-refractivity contribution in [2.75, 3.05) is 5.32 Å². The Morgan fingerprint density at radius 2 is 2.11 bits per heavy atom. The first-order valence-corrected chi connectivity index (χ1v) is 5.92. The van der Waals surface area contributed by atoms with Crippen molar-refractivity contribution >= 4 is 11.6 Å². The predicted octanol–water partition coefficient (Wildman–Crippen LogP) is 1.04. The number of hydrogen-bond acceptors (Lipinski definition) is 5. The number of nitrogens with two attached hydrogens (primary N) is 1. The number of phenolic OH excluding ortho intramolecular Hbond substituents is 2. The maximum absolute atomic E-state index is 11.7. The fourth-order valence-electron chi connectivity index (χ4n) is 1.39. The number of phenols is 2. The van der Waals surface area contributed by atoms with Gasteiger partial charge in [0.2, 0.25) is 0 Å². The zero-order valence-corrected chi connectivity index (χ0v) is 10.6. The van der Waals surface area contributed by atoms with Gasteiger partial charge in [-0.05, 0) is 18.6 Å². The monoisotopic (exact) mass is 266 g/mol. The molecule has 1 atom stereocenters. The van der Waals surface area contributed by atoms with Crippen LogP contribution >= 0.6 is 0 Å². The summed E-state index contributed by atoms with van der Waals surface area (Å²) in [6.45, 7) is 1.95. The van der Waals surface area contributed by atoms with Crippen molar-refractivity contribution in [3.8, 4) is 11.5 Å². The summed E-state index contributed by atoms with van der Waals surface area (Å²) in [5.41, 5.74) is 5.91. The lowest BCUT2D eigenvalue weighted by Crippen LogP contribution is -2.32. The minimum absolute atomic E-state index is 0.0855. The van der Waals surface area contributed by atoms with E-state index in [1.807, 2.05) is 6.92 Å². The van der Waals surface area contributed by atoms with Gasteiger partial charge in [-0.2, -0.15) is 0 Å². The summed E-state index contributed by atoms with van der Waals surface area (Å²) in [7, 11) is 0. The lowest BCUT2D eigenvalue weighted by molar-refractivity contribution is -0.122. The lowest BCUT2D eigenvalue weighted by Gasteiger charge is -2.12. The number of anilines is 1. The molecule has 104 valence electrons. The highest BCUT2D eigenvalue weighted by atomic mass is 16.3. The normalized spacial score (nSPS) is 13.1. The van der Waals surface area contributed by atoms with E-state index in [1.54, 1.807) is 6.08 Å². The van der Waals surface area contributed by atoms with Gasteiger partial charge < -0.3 is 26.4 Å². The maximum atomic E-state index is 11.7. The second-order valence-corrected chi connectivity index (χ2v) is 4.09. The van der Waals surface area contributed by atoms with Crippen LogP contribution in [0, 0.1) is 0 Å². The van der Waals surface area contributed by atoms with Crippen LogP contribution in [0.25, 0.3) is 0 Å². The van der Waals surface area contributed by atoms with Gasteiger partial charge in [0.05, 0.1) is 0 Å². The molecule has 6 heteroatoms. The molecule has 0 aromatic heterocycles. The van der Waals surface area contributed by atoms with Crippen LogP contribution in [0.5, 0.6) is 11.5 Å². The van der Waals surface area contributed by atoms with E-state index in [1.165, 1.54) is 18.2 Å². The van der Waals surface area contributed by atoms with Gasteiger partial charge in [0.25, 0.3) is 5.91 Å². The van der Waals surface area contributed by atoms with Crippen molar-refractivity contribution < 1.29 is 20.1 Å². The average molecular weight is 266 g/mol. The number of aliphatic hydroxyl groups excluding tert-OH is 1.